The highest BCUT2D eigenvalue weighted by atomic mass is 16.1. The fourth-order valence-corrected chi connectivity index (χ4v) is 3.13. The largest absolute Gasteiger partial charge is 0.295 e. The van der Waals surface area contributed by atoms with Crippen LogP contribution in [0.1, 0.15) is 103 Å². The van der Waals surface area contributed by atoms with Gasteiger partial charge in [-0.15, -0.1) is 0 Å². The summed E-state index contributed by atoms with van der Waals surface area (Å²) in [5.74, 6) is 0.596. The molecule has 0 aromatic heterocycles. The Balaban J connectivity index is 2.26. The number of carbonyl (C=O) groups excluding carboxylic acids is 2. The average molecular weight is 333 g/mol. The lowest BCUT2D eigenvalue weighted by molar-refractivity contribution is -0.115. The van der Waals surface area contributed by atoms with Gasteiger partial charge in [0, 0.05) is 12.8 Å². The van der Waals surface area contributed by atoms with Crippen LogP contribution >= 0.6 is 0 Å². The summed E-state index contributed by atoms with van der Waals surface area (Å²) in [4.78, 5) is 23.5. The number of allylic oxidation sites excluding steroid dienone is 4. The van der Waals surface area contributed by atoms with Crippen molar-refractivity contribution in [2.75, 3.05) is 0 Å². The van der Waals surface area contributed by atoms with E-state index in [2.05, 4.69) is 0 Å². The minimum absolute atomic E-state index is 0.298. The van der Waals surface area contributed by atoms with Gasteiger partial charge in [-0.3, -0.25) is 9.59 Å². The van der Waals surface area contributed by atoms with Gasteiger partial charge in [0.1, 0.15) is 0 Å². The molecule has 0 saturated heterocycles. The summed E-state index contributed by atoms with van der Waals surface area (Å²) in [6.45, 7) is 0. The summed E-state index contributed by atoms with van der Waals surface area (Å²) in [5, 5.41) is 0. The van der Waals surface area contributed by atoms with E-state index in [4.69, 9.17) is 0 Å². The summed E-state index contributed by atoms with van der Waals surface area (Å²) in [6, 6.07) is 0. The molecule has 0 radical (unpaired) electrons. The number of hydrogen-bond acceptors (Lipinski definition) is 2. The minimum atomic E-state index is 0.298. The van der Waals surface area contributed by atoms with Gasteiger partial charge in [-0.05, 0) is 50.7 Å². The smallest absolute Gasteiger partial charge is 0.155 e. The van der Waals surface area contributed by atoms with Gasteiger partial charge in [-0.25, -0.2) is 0 Å². The molecule has 1 aliphatic carbocycles. The van der Waals surface area contributed by atoms with Crippen LogP contribution in [0.5, 0.6) is 0 Å². The van der Waals surface area contributed by atoms with Gasteiger partial charge in [-0.2, -0.15) is 0 Å². The van der Waals surface area contributed by atoms with Crippen molar-refractivity contribution >= 4 is 11.6 Å². The normalized spacial score (nSPS) is 24.5. The molecule has 0 bridgehead atoms. The van der Waals surface area contributed by atoms with E-state index in [0.717, 1.165) is 38.5 Å². The molecule has 0 amide bonds. The molecule has 1 rings (SSSR count). The summed E-state index contributed by atoms with van der Waals surface area (Å²) >= 11 is 0. The molecular formula is C22H36O2. The predicted octanol–water partition coefficient (Wildman–Crippen LogP) is 6.49. The topological polar surface area (TPSA) is 34.1 Å². The third-order valence-electron chi connectivity index (χ3n) is 4.70. The Morgan fingerprint density at radius 1 is 0.458 bits per heavy atom. The summed E-state index contributed by atoms with van der Waals surface area (Å²) in [6.07, 6.45) is 25.3. The average Bonchev–Trinajstić information content (AvgIpc) is 2.57. The zero-order valence-electron chi connectivity index (χ0n) is 15.4. The van der Waals surface area contributed by atoms with E-state index in [0.29, 0.717) is 24.4 Å². The van der Waals surface area contributed by atoms with Gasteiger partial charge in [0.25, 0.3) is 0 Å². The van der Waals surface area contributed by atoms with Crippen molar-refractivity contribution in [2.24, 2.45) is 0 Å². The predicted molar refractivity (Wildman–Crippen MR) is 102 cm³/mol. The molecule has 0 aromatic rings. The van der Waals surface area contributed by atoms with Crippen LogP contribution in [-0.2, 0) is 9.59 Å². The zero-order valence-corrected chi connectivity index (χ0v) is 15.4. The SMILES string of the molecule is O=C1/C=C/CCCCCC/C=C/C(=O)CCCCCCCCCC1. The molecule has 0 heterocycles. The highest BCUT2D eigenvalue weighted by Gasteiger charge is 1.99. The lowest BCUT2D eigenvalue weighted by Crippen LogP contribution is -1.93. The third-order valence-corrected chi connectivity index (χ3v) is 4.70. The Morgan fingerprint density at radius 3 is 1.21 bits per heavy atom. The van der Waals surface area contributed by atoms with Crippen molar-refractivity contribution in [2.45, 2.75) is 103 Å². The monoisotopic (exact) mass is 332 g/mol. The molecule has 2 heteroatoms. The van der Waals surface area contributed by atoms with Gasteiger partial charge < -0.3 is 0 Å². The first-order valence-corrected chi connectivity index (χ1v) is 10.2. The van der Waals surface area contributed by atoms with Crippen LogP contribution in [0.2, 0.25) is 0 Å². The zero-order chi connectivity index (χ0) is 17.3. The lowest BCUT2D eigenvalue weighted by Gasteiger charge is -2.02. The molecule has 0 unspecified atom stereocenters. The van der Waals surface area contributed by atoms with E-state index < -0.39 is 0 Å². The molecule has 0 saturated carbocycles. The molecule has 1 aliphatic rings. The van der Waals surface area contributed by atoms with E-state index in [9.17, 15) is 9.59 Å². The summed E-state index contributed by atoms with van der Waals surface area (Å²) in [7, 11) is 0. The first kappa shape index (κ1) is 20.9. The van der Waals surface area contributed by atoms with E-state index in [-0.39, 0.29) is 0 Å². The van der Waals surface area contributed by atoms with E-state index in [1.165, 1.54) is 51.4 Å². The van der Waals surface area contributed by atoms with Crippen molar-refractivity contribution in [3.8, 4) is 0 Å². The Kier molecular flexibility index (Phi) is 13.3. The van der Waals surface area contributed by atoms with Crippen LogP contribution in [-0.4, -0.2) is 11.6 Å². The number of rotatable bonds is 0. The quantitative estimate of drug-likeness (QED) is 0.508. The van der Waals surface area contributed by atoms with E-state index >= 15 is 0 Å². The van der Waals surface area contributed by atoms with E-state index in [1.807, 2.05) is 12.2 Å². The fourth-order valence-electron chi connectivity index (χ4n) is 3.13. The molecule has 2 nitrogen and oxygen atoms in total. The van der Waals surface area contributed by atoms with Gasteiger partial charge in [0.05, 0.1) is 0 Å². The van der Waals surface area contributed by atoms with Crippen molar-refractivity contribution in [1.82, 2.24) is 0 Å². The Hall–Kier alpha value is -1.18. The van der Waals surface area contributed by atoms with Gasteiger partial charge >= 0.3 is 0 Å². The molecule has 0 spiro atoms. The van der Waals surface area contributed by atoms with Crippen LogP contribution in [0.25, 0.3) is 0 Å². The standard InChI is InChI=1S/C22H36O2/c23-21-17-13-9-5-1-2-6-10-14-18-22(24)20-16-12-8-4-3-7-11-15-19-21/h13-14,17-18H,1-12,15-16,19-20H2/b17-13+,18-14+. The Bertz CT molecular complexity index is 355. The molecule has 136 valence electrons. The van der Waals surface area contributed by atoms with Crippen molar-refractivity contribution in [1.29, 1.82) is 0 Å². The van der Waals surface area contributed by atoms with Crippen LogP contribution < -0.4 is 0 Å². The van der Waals surface area contributed by atoms with Crippen LogP contribution in [0, 0.1) is 0 Å². The maximum atomic E-state index is 11.7. The van der Waals surface area contributed by atoms with Gasteiger partial charge in [0.2, 0.25) is 0 Å². The number of ketones is 2. The second-order valence-electron chi connectivity index (χ2n) is 7.06. The maximum absolute atomic E-state index is 11.7. The molecule has 0 aromatic carbocycles. The van der Waals surface area contributed by atoms with Crippen LogP contribution in [0.15, 0.2) is 24.3 Å². The highest BCUT2D eigenvalue weighted by Crippen LogP contribution is 2.12. The van der Waals surface area contributed by atoms with Crippen LogP contribution in [0.4, 0.5) is 0 Å². The second-order valence-corrected chi connectivity index (χ2v) is 7.06. The molecule has 0 atom stereocenters. The molecule has 0 fully saturated rings. The Morgan fingerprint density at radius 2 is 0.792 bits per heavy atom. The summed E-state index contributed by atoms with van der Waals surface area (Å²) < 4.78 is 0. The van der Waals surface area contributed by atoms with Crippen LogP contribution in [0.3, 0.4) is 0 Å². The van der Waals surface area contributed by atoms with Gasteiger partial charge in [0.15, 0.2) is 11.6 Å². The number of carbonyl (C=O) groups is 2. The third kappa shape index (κ3) is 13.3. The minimum Gasteiger partial charge on any atom is -0.295 e. The summed E-state index contributed by atoms with van der Waals surface area (Å²) in [5.41, 5.74) is 0. The highest BCUT2D eigenvalue weighted by molar-refractivity contribution is 5.89. The molecule has 24 heavy (non-hydrogen) atoms. The number of hydrogen-bond donors (Lipinski definition) is 0. The molecule has 0 aliphatic heterocycles. The lowest BCUT2D eigenvalue weighted by atomic mass is 10.0. The first-order chi connectivity index (χ1) is 11.8. The molecule has 0 N–H and O–H groups in total. The maximum Gasteiger partial charge on any atom is 0.155 e. The van der Waals surface area contributed by atoms with Crippen molar-refractivity contribution in [3.05, 3.63) is 24.3 Å². The second kappa shape index (κ2) is 15.4. The van der Waals surface area contributed by atoms with Crippen molar-refractivity contribution < 1.29 is 9.59 Å². The van der Waals surface area contributed by atoms with E-state index in [1.54, 1.807) is 12.2 Å². The molecular weight excluding hydrogens is 296 g/mol. The van der Waals surface area contributed by atoms with Crippen molar-refractivity contribution in [3.63, 3.8) is 0 Å². The van der Waals surface area contributed by atoms with Gasteiger partial charge in [-0.1, -0.05) is 63.5 Å². The Labute approximate surface area is 148 Å². The first-order valence-electron chi connectivity index (χ1n) is 10.2. The fraction of sp³-hybridized carbons (Fsp3) is 0.727.